The van der Waals surface area contributed by atoms with Crippen LogP contribution in [0, 0.1) is 11.6 Å². The molecule has 2 aromatic carbocycles. The fraction of sp³-hybridized carbons (Fsp3) is 0.316. The maximum atomic E-state index is 13.5. The quantitative estimate of drug-likeness (QED) is 0.879. The molecule has 0 spiro atoms. The van der Waals surface area contributed by atoms with Gasteiger partial charge in [-0.3, -0.25) is 4.79 Å². The van der Waals surface area contributed by atoms with Crippen molar-refractivity contribution in [3.05, 3.63) is 65.2 Å². The third-order valence-corrected chi connectivity index (χ3v) is 4.30. The first-order valence-corrected chi connectivity index (χ1v) is 7.94. The Kier molecular flexibility index (Phi) is 4.79. The highest BCUT2D eigenvalue weighted by molar-refractivity contribution is 5.77. The lowest BCUT2D eigenvalue weighted by molar-refractivity contribution is -0.121. The topological polar surface area (TPSA) is 38.3 Å². The van der Waals surface area contributed by atoms with Crippen molar-refractivity contribution in [3.8, 4) is 5.75 Å². The summed E-state index contributed by atoms with van der Waals surface area (Å²) in [5, 5.41) is 2.95. The number of carbonyl (C=O) groups excluding carboxylic acids is 1. The van der Waals surface area contributed by atoms with E-state index in [-0.39, 0.29) is 36.3 Å². The standard InChI is InChI=1S/C19H19F2NO2/c1-24-18-5-3-2-4-14(18)15-11-17(15)22-19(23)9-6-12-10-13(20)7-8-16(12)21/h2-5,7-8,10,15,17H,6,9,11H2,1H3,(H,22,23)/t15-,17+/m1/s1. The number of nitrogens with one attached hydrogen (secondary N) is 1. The predicted octanol–water partition coefficient (Wildman–Crippen LogP) is 3.58. The lowest BCUT2D eigenvalue weighted by Gasteiger charge is -2.09. The van der Waals surface area contributed by atoms with Crippen LogP contribution in [0.25, 0.3) is 0 Å². The number of methoxy groups -OCH3 is 1. The van der Waals surface area contributed by atoms with Gasteiger partial charge in [0.05, 0.1) is 7.11 Å². The Balaban J connectivity index is 1.53. The Morgan fingerprint density at radius 2 is 2.04 bits per heavy atom. The first-order chi connectivity index (χ1) is 11.6. The van der Waals surface area contributed by atoms with Crippen LogP contribution >= 0.6 is 0 Å². The average Bonchev–Trinajstić information content (AvgIpc) is 3.34. The Labute approximate surface area is 139 Å². The van der Waals surface area contributed by atoms with Crippen molar-refractivity contribution in [2.75, 3.05) is 7.11 Å². The van der Waals surface area contributed by atoms with E-state index >= 15 is 0 Å². The molecule has 0 unspecified atom stereocenters. The van der Waals surface area contributed by atoms with Crippen LogP contribution in [-0.2, 0) is 11.2 Å². The van der Waals surface area contributed by atoms with Gasteiger partial charge in [0.2, 0.25) is 5.91 Å². The summed E-state index contributed by atoms with van der Waals surface area (Å²) in [6.45, 7) is 0. The molecule has 2 atom stereocenters. The van der Waals surface area contributed by atoms with E-state index in [1.165, 1.54) is 0 Å². The normalized spacial score (nSPS) is 19.0. The first-order valence-electron chi connectivity index (χ1n) is 7.94. The molecule has 0 radical (unpaired) electrons. The second-order valence-corrected chi connectivity index (χ2v) is 5.99. The van der Waals surface area contributed by atoms with Crippen molar-refractivity contribution in [3.63, 3.8) is 0 Å². The number of halogens is 2. The Bertz CT molecular complexity index is 748. The molecule has 2 aromatic rings. The molecule has 1 aliphatic carbocycles. The highest BCUT2D eigenvalue weighted by Crippen LogP contribution is 2.44. The van der Waals surface area contributed by atoms with Crippen LogP contribution in [0.3, 0.4) is 0 Å². The minimum absolute atomic E-state index is 0.0751. The third kappa shape index (κ3) is 3.72. The van der Waals surface area contributed by atoms with Gasteiger partial charge in [0.25, 0.3) is 0 Å². The molecular formula is C19H19F2NO2. The van der Waals surface area contributed by atoms with Crippen LogP contribution in [0.15, 0.2) is 42.5 Å². The van der Waals surface area contributed by atoms with E-state index in [0.29, 0.717) is 0 Å². The maximum absolute atomic E-state index is 13.5. The number of para-hydroxylation sites is 1. The Hall–Kier alpha value is -2.43. The number of rotatable bonds is 6. The molecule has 1 amide bonds. The largest absolute Gasteiger partial charge is 0.496 e. The van der Waals surface area contributed by atoms with Crippen molar-refractivity contribution in [2.45, 2.75) is 31.2 Å². The van der Waals surface area contributed by atoms with Gasteiger partial charge < -0.3 is 10.1 Å². The van der Waals surface area contributed by atoms with E-state index in [4.69, 9.17) is 4.74 Å². The summed E-state index contributed by atoms with van der Waals surface area (Å²) in [5.41, 5.74) is 1.31. The van der Waals surface area contributed by atoms with Gasteiger partial charge in [-0.05, 0) is 48.2 Å². The SMILES string of the molecule is COc1ccccc1[C@H]1C[C@@H]1NC(=O)CCc1cc(F)ccc1F. The highest BCUT2D eigenvalue weighted by atomic mass is 19.1. The maximum Gasteiger partial charge on any atom is 0.220 e. The first kappa shape index (κ1) is 16.4. The third-order valence-electron chi connectivity index (χ3n) is 4.30. The van der Waals surface area contributed by atoms with E-state index in [1.54, 1.807) is 7.11 Å². The summed E-state index contributed by atoms with van der Waals surface area (Å²) in [5.74, 6) is -0.0640. The summed E-state index contributed by atoms with van der Waals surface area (Å²) in [6.07, 6.45) is 1.18. The van der Waals surface area contributed by atoms with Crippen LogP contribution in [0.5, 0.6) is 5.75 Å². The molecule has 5 heteroatoms. The van der Waals surface area contributed by atoms with Crippen molar-refractivity contribution >= 4 is 5.91 Å². The minimum Gasteiger partial charge on any atom is -0.496 e. The van der Waals surface area contributed by atoms with Crippen LogP contribution in [0.4, 0.5) is 8.78 Å². The van der Waals surface area contributed by atoms with Gasteiger partial charge in [0.15, 0.2) is 0 Å². The van der Waals surface area contributed by atoms with Gasteiger partial charge in [-0.15, -0.1) is 0 Å². The number of ether oxygens (including phenoxy) is 1. The van der Waals surface area contributed by atoms with Gasteiger partial charge in [-0.25, -0.2) is 8.78 Å². The monoisotopic (exact) mass is 331 g/mol. The van der Waals surface area contributed by atoms with Gasteiger partial charge in [0.1, 0.15) is 17.4 Å². The molecule has 3 nitrogen and oxygen atoms in total. The van der Waals surface area contributed by atoms with Gasteiger partial charge in [-0.2, -0.15) is 0 Å². The molecule has 0 heterocycles. The number of benzene rings is 2. The average molecular weight is 331 g/mol. The number of hydrogen-bond acceptors (Lipinski definition) is 2. The molecule has 0 bridgehead atoms. The van der Waals surface area contributed by atoms with Crippen LogP contribution < -0.4 is 10.1 Å². The summed E-state index contributed by atoms with van der Waals surface area (Å²) in [4.78, 5) is 12.0. The van der Waals surface area contributed by atoms with Crippen LogP contribution in [0.2, 0.25) is 0 Å². The summed E-state index contributed by atoms with van der Waals surface area (Å²) in [6, 6.07) is 11.1. The molecule has 3 rings (SSSR count). The highest BCUT2D eigenvalue weighted by Gasteiger charge is 2.40. The zero-order valence-corrected chi connectivity index (χ0v) is 13.4. The molecule has 0 saturated heterocycles. The Morgan fingerprint density at radius 3 is 2.83 bits per heavy atom. The Morgan fingerprint density at radius 1 is 1.25 bits per heavy atom. The smallest absolute Gasteiger partial charge is 0.220 e. The summed E-state index contributed by atoms with van der Waals surface area (Å²) < 4.78 is 32.0. The van der Waals surface area contributed by atoms with Crippen molar-refractivity contribution in [1.29, 1.82) is 0 Å². The van der Waals surface area contributed by atoms with E-state index in [1.807, 2.05) is 24.3 Å². The minimum atomic E-state index is -0.495. The molecule has 24 heavy (non-hydrogen) atoms. The zero-order chi connectivity index (χ0) is 17.1. The molecule has 126 valence electrons. The van der Waals surface area contributed by atoms with Gasteiger partial charge in [0, 0.05) is 18.4 Å². The molecule has 1 aliphatic rings. The van der Waals surface area contributed by atoms with E-state index < -0.39 is 11.6 Å². The predicted molar refractivity (Wildman–Crippen MR) is 87.0 cm³/mol. The lowest BCUT2D eigenvalue weighted by Crippen LogP contribution is -2.26. The van der Waals surface area contributed by atoms with Crippen LogP contribution in [0.1, 0.15) is 29.9 Å². The number of aryl methyl sites for hydroxylation is 1. The molecule has 0 aromatic heterocycles. The number of carbonyl (C=O) groups is 1. The number of hydrogen-bond donors (Lipinski definition) is 1. The van der Waals surface area contributed by atoms with E-state index in [0.717, 1.165) is 35.9 Å². The van der Waals surface area contributed by atoms with Gasteiger partial charge in [-0.1, -0.05) is 18.2 Å². The summed E-state index contributed by atoms with van der Waals surface area (Å²) in [7, 11) is 1.63. The van der Waals surface area contributed by atoms with Crippen molar-refractivity contribution in [2.24, 2.45) is 0 Å². The fourth-order valence-corrected chi connectivity index (χ4v) is 2.93. The van der Waals surface area contributed by atoms with Crippen molar-refractivity contribution in [1.82, 2.24) is 5.32 Å². The van der Waals surface area contributed by atoms with Gasteiger partial charge >= 0.3 is 0 Å². The second-order valence-electron chi connectivity index (χ2n) is 5.99. The lowest BCUT2D eigenvalue weighted by atomic mass is 10.1. The number of amides is 1. The molecule has 1 fully saturated rings. The second kappa shape index (κ2) is 6.99. The summed E-state index contributed by atoms with van der Waals surface area (Å²) >= 11 is 0. The fourth-order valence-electron chi connectivity index (χ4n) is 2.93. The van der Waals surface area contributed by atoms with E-state index in [2.05, 4.69) is 5.32 Å². The molecule has 0 aliphatic heterocycles. The van der Waals surface area contributed by atoms with Crippen LogP contribution in [-0.4, -0.2) is 19.1 Å². The van der Waals surface area contributed by atoms with E-state index in [9.17, 15) is 13.6 Å². The molecular weight excluding hydrogens is 312 g/mol. The molecule has 1 saturated carbocycles. The zero-order valence-electron chi connectivity index (χ0n) is 13.4. The molecule has 1 N–H and O–H groups in total. The van der Waals surface area contributed by atoms with Crippen molar-refractivity contribution < 1.29 is 18.3 Å².